The SMILES string of the molecule is COC(=O)NC(C(=O)N1[C@@H]2[C@H](C)[C@@H]2C[C@H]1c1ncc(-c2ccc3c(c2)cc2n3C(c3cnc(C4CC4)s3)Oc3cc(C4=NC([C@@H]5CCCN5C(=O)[C@@H](NC(=O)OC)C(C)C)=NC4)cc(F)c3-2)[nH]1)C(C)(C)F. The number of aromatic nitrogens is 4. The van der Waals surface area contributed by atoms with Gasteiger partial charge < -0.3 is 39.6 Å². The van der Waals surface area contributed by atoms with E-state index in [0.717, 1.165) is 45.6 Å². The minimum absolute atomic E-state index is 0.110. The molecule has 4 amide bonds. The van der Waals surface area contributed by atoms with Gasteiger partial charge in [-0.05, 0) is 94.0 Å². The lowest BCUT2D eigenvalue weighted by molar-refractivity contribution is -0.139. The van der Waals surface area contributed by atoms with Crippen molar-refractivity contribution in [2.24, 2.45) is 27.7 Å². The Balaban J connectivity index is 0.904. The van der Waals surface area contributed by atoms with Crippen LogP contribution in [0.3, 0.4) is 0 Å². The average molecular weight is 991 g/mol. The van der Waals surface area contributed by atoms with Crippen molar-refractivity contribution >= 4 is 57.8 Å². The Morgan fingerprint density at radius 3 is 2.46 bits per heavy atom. The molecule has 3 N–H and O–H groups in total. The molecule has 2 aromatic carbocycles. The van der Waals surface area contributed by atoms with Crippen LogP contribution in [-0.2, 0) is 19.1 Å². The summed E-state index contributed by atoms with van der Waals surface area (Å²) < 4.78 is 50.9. The largest absolute Gasteiger partial charge is 0.464 e. The van der Waals surface area contributed by atoms with E-state index in [1.165, 1.54) is 34.1 Å². The smallest absolute Gasteiger partial charge is 0.407 e. The normalized spacial score (nSPS) is 24.1. The van der Waals surface area contributed by atoms with Gasteiger partial charge in [0.15, 0.2) is 0 Å². The van der Waals surface area contributed by atoms with Crippen LogP contribution in [0.4, 0.5) is 18.4 Å². The molecule has 0 radical (unpaired) electrons. The zero-order chi connectivity index (χ0) is 49.8. The first-order valence-electron chi connectivity index (χ1n) is 24.3. The van der Waals surface area contributed by atoms with E-state index in [1.54, 1.807) is 27.3 Å². The lowest BCUT2D eigenvalue weighted by Crippen LogP contribution is -2.57. The van der Waals surface area contributed by atoms with Gasteiger partial charge >= 0.3 is 12.2 Å². The molecule has 3 aromatic heterocycles. The van der Waals surface area contributed by atoms with E-state index >= 15 is 8.78 Å². The monoisotopic (exact) mass is 990 g/mol. The first-order chi connectivity index (χ1) is 34.0. The van der Waals surface area contributed by atoms with Crippen LogP contribution in [0.1, 0.15) is 106 Å². The quantitative estimate of drug-likeness (QED) is 0.111. The van der Waals surface area contributed by atoms with Gasteiger partial charge in [-0.2, -0.15) is 0 Å². The van der Waals surface area contributed by atoms with Gasteiger partial charge in [-0.25, -0.2) is 33.3 Å². The molecule has 17 nitrogen and oxygen atoms in total. The number of aliphatic imine (C=N–C) groups is 2. The number of alkyl halides is 1. The number of halogens is 2. The number of H-pyrrole nitrogens is 1. The summed E-state index contributed by atoms with van der Waals surface area (Å²) in [6.07, 6.45) is 5.56. The zero-order valence-electron chi connectivity index (χ0n) is 40.5. The van der Waals surface area contributed by atoms with Gasteiger partial charge in [0, 0.05) is 41.2 Å². The highest BCUT2D eigenvalue weighted by molar-refractivity contribution is 7.11. The Bertz CT molecular complexity index is 3060. The number of nitrogens with zero attached hydrogens (tertiary/aromatic N) is 7. The molecule has 2 unspecified atom stereocenters. The second kappa shape index (κ2) is 17.6. The van der Waals surface area contributed by atoms with Crippen LogP contribution in [0.25, 0.3) is 33.4 Å². The molecule has 2 saturated carbocycles. The highest BCUT2D eigenvalue weighted by Gasteiger charge is 2.62. The maximum atomic E-state index is 17.0. The summed E-state index contributed by atoms with van der Waals surface area (Å²) in [4.78, 5) is 79.3. The standard InChI is InChI=1S/C51H56F2N10O7S/c1-23(2)40(59-49(66)68-6)46(64)61-14-8-9-34(61)43-54-21-32(58-43)27-16-30(52)39-35-17-28-15-26(12-13-33(28)62(35)48(70-37(39)18-27)38-22-56-45(71-38)25-10-11-25)31-20-55-44(57-31)36-19-29-24(3)41(29)63(36)47(65)42(51(4,5)53)60-50(67)69-7/h12-13,15-18,20,22-25,29,34,36,40-42,48H,8-11,14,19,21H2,1-7H3,(H,55,57)(H,59,66)(H,60,67)/t24-,29+,34+,36+,40+,41-,42?,48?/m1/s1. The van der Waals surface area contributed by atoms with Gasteiger partial charge in [-0.3, -0.25) is 19.1 Å². The first-order valence-corrected chi connectivity index (χ1v) is 25.1. The number of fused-ring (bicyclic) bond motifs is 6. The summed E-state index contributed by atoms with van der Waals surface area (Å²) in [7, 11) is 2.43. The number of rotatable bonds is 12. The van der Waals surface area contributed by atoms with Gasteiger partial charge in [0.25, 0.3) is 0 Å². The fraction of sp³-hybridized carbons (Fsp3) is 0.490. The number of piperidine rings is 1. The highest BCUT2D eigenvalue weighted by atomic mass is 32.1. The average Bonchev–Trinajstić information content (AvgIpc) is 3.86. The van der Waals surface area contributed by atoms with E-state index in [9.17, 15) is 19.2 Å². The Kier molecular flexibility index (Phi) is 11.5. The number of amidine groups is 1. The predicted octanol–water partition coefficient (Wildman–Crippen LogP) is 8.06. The summed E-state index contributed by atoms with van der Waals surface area (Å²) in [6, 6.07) is 8.00. The van der Waals surface area contributed by atoms with Crippen molar-refractivity contribution in [1.29, 1.82) is 0 Å². The van der Waals surface area contributed by atoms with Crippen molar-refractivity contribution in [3.63, 3.8) is 0 Å². The Hall–Kier alpha value is -6.70. The summed E-state index contributed by atoms with van der Waals surface area (Å²) in [5.41, 5.74) is 2.26. The summed E-state index contributed by atoms with van der Waals surface area (Å²) in [6.45, 7) is 9.00. The molecule has 2 aliphatic carbocycles. The molecule has 71 heavy (non-hydrogen) atoms. The van der Waals surface area contributed by atoms with Crippen LogP contribution in [0.5, 0.6) is 5.75 Å². The van der Waals surface area contributed by atoms with E-state index < -0.39 is 60.0 Å². The molecule has 11 rings (SSSR count). The van der Waals surface area contributed by atoms with Crippen LogP contribution < -0.4 is 15.4 Å². The van der Waals surface area contributed by atoms with Gasteiger partial charge in [0.05, 0.1) is 77.1 Å². The second-order valence-electron chi connectivity index (χ2n) is 20.5. The maximum absolute atomic E-state index is 17.0. The molecule has 7 heterocycles. The van der Waals surface area contributed by atoms with Gasteiger partial charge in [0.2, 0.25) is 18.0 Å². The topological polar surface area (TPSA) is 198 Å². The minimum Gasteiger partial charge on any atom is -0.464 e. The number of ether oxygens (including phenoxy) is 3. The number of nitrogens with one attached hydrogen (secondary N) is 3. The molecule has 20 heteroatoms. The van der Waals surface area contributed by atoms with Gasteiger partial charge in [-0.15, -0.1) is 11.3 Å². The molecule has 8 atom stereocenters. The van der Waals surface area contributed by atoms with Gasteiger partial charge in [0.1, 0.15) is 41.0 Å². The molecule has 372 valence electrons. The lowest BCUT2D eigenvalue weighted by atomic mass is 9.98. The number of hydrogen-bond acceptors (Lipinski definition) is 12. The number of methoxy groups -OCH3 is 2. The summed E-state index contributed by atoms with van der Waals surface area (Å²) >= 11 is 1.60. The number of carbonyl (C=O) groups excluding carboxylic acids is 4. The van der Waals surface area contributed by atoms with Crippen LogP contribution in [0, 0.1) is 23.6 Å². The molecule has 2 saturated heterocycles. The highest BCUT2D eigenvalue weighted by Crippen LogP contribution is 2.58. The second-order valence-corrected chi connectivity index (χ2v) is 21.5. The van der Waals surface area contributed by atoms with Crippen molar-refractivity contribution < 1.29 is 42.2 Å². The predicted molar refractivity (Wildman–Crippen MR) is 261 cm³/mol. The summed E-state index contributed by atoms with van der Waals surface area (Å²) in [5, 5.41) is 6.98. The molecule has 5 aromatic rings. The number of alkyl carbamates (subject to hydrolysis) is 2. The molecule has 4 fully saturated rings. The van der Waals surface area contributed by atoms with Crippen LogP contribution in [-0.4, -0.2) is 122 Å². The zero-order valence-corrected chi connectivity index (χ0v) is 41.3. The Morgan fingerprint density at radius 1 is 0.958 bits per heavy atom. The number of benzene rings is 2. The number of likely N-dealkylation sites (tertiary alicyclic amines) is 2. The molecular formula is C51H56F2N10O7S. The fourth-order valence-corrected chi connectivity index (χ4v) is 12.2. The fourth-order valence-electron chi connectivity index (χ4n) is 11.1. The van der Waals surface area contributed by atoms with Crippen LogP contribution >= 0.6 is 11.3 Å². The number of hydrogen-bond donors (Lipinski definition) is 3. The van der Waals surface area contributed by atoms with E-state index in [1.807, 2.05) is 54.9 Å². The van der Waals surface area contributed by atoms with Crippen LogP contribution in [0.2, 0.25) is 0 Å². The van der Waals surface area contributed by atoms with Gasteiger partial charge in [-0.1, -0.05) is 26.8 Å². The van der Waals surface area contributed by atoms with Crippen molar-refractivity contribution in [3.8, 4) is 28.3 Å². The minimum atomic E-state index is -2.07. The number of imidazole rings is 1. The number of aromatic amines is 1. The number of thiazole rings is 1. The van der Waals surface area contributed by atoms with Crippen molar-refractivity contribution in [2.45, 2.75) is 115 Å². The maximum Gasteiger partial charge on any atom is 0.407 e. The molecule has 0 spiro atoms. The molecule has 0 bridgehead atoms. The first kappa shape index (κ1) is 46.7. The van der Waals surface area contributed by atoms with E-state index in [-0.39, 0.29) is 36.2 Å². The summed E-state index contributed by atoms with van der Waals surface area (Å²) in [5.74, 6) is 0.819. The Morgan fingerprint density at radius 2 is 1.73 bits per heavy atom. The van der Waals surface area contributed by atoms with E-state index in [0.29, 0.717) is 70.9 Å². The third kappa shape index (κ3) is 8.20. The van der Waals surface area contributed by atoms with Crippen LogP contribution in [0.15, 0.2) is 58.8 Å². The van der Waals surface area contributed by atoms with E-state index in [4.69, 9.17) is 34.2 Å². The van der Waals surface area contributed by atoms with Crippen molar-refractivity contribution in [1.82, 2.24) is 40.0 Å². The van der Waals surface area contributed by atoms with Crippen molar-refractivity contribution in [2.75, 3.05) is 27.3 Å². The number of amides is 4. The van der Waals surface area contributed by atoms with Crippen molar-refractivity contribution in [3.05, 3.63) is 75.9 Å². The third-order valence-corrected chi connectivity index (χ3v) is 16.2. The molecule has 6 aliphatic rings. The van der Waals surface area contributed by atoms with E-state index in [2.05, 4.69) is 22.5 Å². The third-order valence-electron chi connectivity index (χ3n) is 15.1. The molecule has 4 aliphatic heterocycles. The molecular weight excluding hydrogens is 935 g/mol. The Labute approximate surface area is 412 Å². The lowest BCUT2D eigenvalue weighted by Gasteiger charge is -2.34. The number of carbonyl (C=O) groups is 4.